The number of nitrogens with zero attached hydrogens (tertiary/aromatic N) is 1. The molecule has 112 valence electrons. The first-order chi connectivity index (χ1) is 9.94. The van der Waals surface area contributed by atoms with Gasteiger partial charge in [0.2, 0.25) is 0 Å². The van der Waals surface area contributed by atoms with Gasteiger partial charge in [-0.25, -0.2) is 4.39 Å². The summed E-state index contributed by atoms with van der Waals surface area (Å²) in [5.74, 6) is -1.32. The number of fused-ring (bicyclic) bond motifs is 1. The summed E-state index contributed by atoms with van der Waals surface area (Å²) in [4.78, 5) is 25.8. The first-order valence-corrected chi connectivity index (χ1v) is 7.23. The van der Waals surface area contributed by atoms with Crippen LogP contribution < -0.4 is 0 Å². The van der Waals surface area contributed by atoms with Gasteiger partial charge in [0.05, 0.1) is 5.41 Å². The lowest BCUT2D eigenvalue weighted by atomic mass is 9.81. The molecular formula is C16H18FNO3. The number of halogens is 1. The number of rotatable bonds is 2. The molecule has 1 aliphatic carbocycles. The van der Waals surface area contributed by atoms with Crippen LogP contribution in [0, 0.1) is 24.1 Å². The Morgan fingerprint density at radius 1 is 1.43 bits per heavy atom. The van der Waals surface area contributed by atoms with Crippen molar-refractivity contribution in [3.05, 3.63) is 35.1 Å². The SMILES string of the molecule is Cc1cc(F)ccc1C(=O)N1C[C@@H]2CCC[C@@]2(C(=O)O)C1. The predicted molar refractivity (Wildman–Crippen MR) is 74.5 cm³/mol. The maximum atomic E-state index is 13.1. The smallest absolute Gasteiger partial charge is 0.311 e. The van der Waals surface area contributed by atoms with Gasteiger partial charge in [0.15, 0.2) is 0 Å². The molecule has 0 unspecified atom stereocenters. The highest BCUT2D eigenvalue weighted by molar-refractivity contribution is 5.96. The van der Waals surface area contributed by atoms with E-state index in [9.17, 15) is 19.1 Å². The van der Waals surface area contributed by atoms with Crippen molar-refractivity contribution in [2.75, 3.05) is 13.1 Å². The lowest BCUT2D eigenvalue weighted by Gasteiger charge is -2.23. The summed E-state index contributed by atoms with van der Waals surface area (Å²) in [5, 5.41) is 9.55. The van der Waals surface area contributed by atoms with E-state index >= 15 is 0 Å². The molecule has 1 heterocycles. The summed E-state index contributed by atoms with van der Waals surface area (Å²) >= 11 is 0. The third-order valence-corrected chi connectivity index (χ3v) is 5.00. The van der Waals surface area contributed by atoms with Crippen molar-refractivity contribution in [2.45, 2.75) is 26.2 Å². The van der Waals surface area contributed by atoms with E-state index in [4.69, 9.17) is 0 Å². The zero-order chi connectivity index (χ0) is 15.2. The summed E-state index contributed by atoms with van der Waals surface area (Å²) in [5.41, 5.74) is 0.266. The molecule has 0 bridgehead atoms. The number of aryl methyl sites for hydroxylation is 1. The van der Waals surface area contributed by atoms with E-state index in [1.165, 1.54) is 18.2 Å². The lowest BCUT2D eigenvalue weighted by molar-refractivity contribution is -0.149. The number of carbonyl (C=O) groups excluding carboxylic acids is 1. The highest BCUT2D eigenvalue weighted by atomic mass is 19.1. The second kappa shape index (κ2) is 4.83. The van der Waals surface area contributed by atoms with Gasteiger partial charge in [-0.3, -0.25) is 9.59 Å². The molecule has 3 rings (SSSR count). The predicted octanol–water partition coefficient (Wildman–Crippen LogP) is 2.46. The van der Waals surface area contributed by atoms with Crippen LogP contribution in [0.4, 0.5) is 4.39 Å². The van der Waals surface area contributed by atoms with Gasteiger partial charge in [-0.2, -0.15) is 0 Å². The number of carboxylic acid groups (broad SMARTS) is 1. The van der Waals surface area contributed by atoms with Crippen molar-refractivity contribution in [1.82, 2.24) is 4.90 Å². The van der Waals surface area contributed by atoms with E-state index in [1.54, 1.807) is 11.8 Å². The monoisotopic (exact) mass is 291 g/mol. The average Bonchev–Trinajstić information content (AvgIpc) is 2.95. The van der Waals surface area contributed by atoms with Crippen molar-refractivity contribution in [2.24, 2.45) is 11.3 Å². The van der Waals surface area contributed by atoms with Crippen LogP contribution in [0.15, 0.2) is 18.2 Å². The van der Waals surface area contributed by atoms with Crippen molar-refractivity contribution in [3.63, 3.8) is 0 Å². The zero-order valence-corrected chi connectivity index (χ0v) is 11.9. The highest BCUT2D eigenvalue weighted by Crippen LogP contribution is 2.49. The Kier molecular flexibility index (Phi) is 3.23. The van der Waals surface area contributed by atoms with Crippen molar-refractivity contribution < 1.29 is 19.1 Å². The quantitative estimate of drug-likeness (QED) is 0.910. The minimum atomic E-state index is -0.795. The minimum absolute atomic E-state index is 0.0414. The van der Waals surface area contributed by atoms with Crippen LogP contribution in [0.2, 0.25) is 0 Å². The topological polar surface area (TPSA) is 57.6 Å². The number of carboxylic acids is 1. The molecule has 2 atom stereocenters. The summed E-state index contributed by atoms with van der Waals surface area (Å²) in [7, 11) is 0. The van der Waals surface area contributed by atoms with Crippen molar-refractivity contribution >= 4 is 11.9 Å². The fraction of sp³-hybridized carbons (Fsp3) is 0.500. The Bertz CT molecular complexity index is 616. The second-order valence-corrected chi connectivity index (χ2v) is 6.20. The number of carbonyl (C=O) groups is 2. The Morgan fingerprint density at radius 3 is 2.81 bits per heavy atom. The third kappa shape index (κ3) is 2.11. The van der Waals surface area contributed by atoms with Crippen LogP contribution in [0.1, 0.15) is 35.2 Å². The Morgan fingerprint density at radius 2 is 2.19 bits per heavy atom. The molecule has 2 fully saturated rings. The fourth-order valence-corrected chi connectivity index (χ4v) is 3.83. The van der Waals surface area contributed by atoms with Gasteiger partial charge in [0.1, 0.15) is 5.82 Å². The van der Waals surface area contributed by atoms with Crippen LogP contribution >= 0.6 is 0 Å². The highest BCUT2D eigenvalue weighted by Gasteiger charge is 2.55. The molecule has 1 aromatic carbocycles. The first kappa shape index (κ1) is 14.0. The number of likely N-dealkylation sites (tertiary alicyclic amines) is 1. The number of benzene rings is 1. The Labute approximate surface area is 122 Å². The summed E-state index contributed by atoms with van der Waals surface area (Å²) in [6.07, 6.45) is 2.41. The fourth-order valence-electron chi connectivity index (χ4n) is 3.83. The number of hydrogen-bond acceptors (Lipinski definition) is 2. The molecule has 4 nitrogen and oxygen atoms in total. The molecule has 1 aromatic rings. The molecule has 1 saturated heterocycles. The van der Waals surface area contributed by atoms with Crippen LogP contribution in [0.5, 0.6) is 0 Å². The maximum absolute atomic E-state index is 13.1. The van der Waals surface area contributed by atoms with Gasteiger partial charge < -0.3 is 10.0 Å². The average molecular weight is 291 g/mol. The van der Waals surface area contributed by atoms with Gasteiger partial charge in [0.25, 0.3) is 5.91 Å². The van der Waals surface area contributed by atoms with Gasteiger partial charge in [-0.15, -0.1) is 0 Å². The molecule has 0 spiro atoms. The Hall–Kier alpha value is -1.91. The van der Waals surface area contributed by atoms with E-state index in [-0.39, 0.29) is 24.2 Å². The van der Waals surface area contributed by atoms with Gasteiger partial charge >= 0.3 is 5.97 Å². The summed E-state index contributed by atoms with van der Waals surface area (Å²) < 4.78 is 13.1. The number of hydrogen-bond donors (Lipinski definition) is 1. The molecule has 2 aliphatic rings. The molecule has 5 heteroatoms. The Balaban J connectivity index is 1.86. The summed E-state index contributed by atoms with van der Waals surface area (Å²) in [6, 6.07) is 4.08. The molecule has 0 aromatic heterocycles. The third-order valence-electron chi connectivity index (χ3n) is 5.00. The van der Waals surface area contributed by atoms with Crippen LogP contribution in [0.25, 0.3) is 0 Å². The van der Waals surface area contributed by atoms with Gasteiger partial charge in [-0.05, 0) is 49.4 Å². The molecule has 0 radical (unpaired) electrons. The first-order valence-electron chi connectivity index (χ1n) is 7.23. The standard InChI is InChI=1S/C16H18FNO3/c1-10-7-12(17)4-5-13(10)14(19)18-8-11-3-2-6-16(11,9-18)15(20)21/h4-5,7,11H,2-3,6,8-9H2,1H3,(H,20,21)/t11-,16+/m0/s1. The van der Waals surface area contributed by atoms with Crippen LogP contribution in [-0.2, 0) is 4.79 Å². The number of amides is 1. The second-order valence-electron chi connectivity index (χ2n) is 6.20. The number of aliphatic carboxylic acids is 1. The van der Waals surface area contributed by atoms with E-state index in [0.29, 0.717) is 24.1 Å². The lowest BCUT2D eigenvalue weighted by Crippen LogP contribution is -2.37. The van der Waals surface area contributed by atoms with E-state index in [2.05, 4.69) is 0 Å². The molecular weight excluding hydrogens is 273 g/mol. The molecule has 21 heavy (non-hydrogen) atoms. The van der Waals surface area contributed by atoms with Crippen molar-refractivity contribution in [3.8, 4) is 0 Å². The normalized spacial score (nSPS) is 27.7. The van der Waals surface area contributed by atoms with Gasteiger partial charge in [0, 0.05) is 18.7 Å². The van der Waals surface area contributed by atoms with Gasteiger partial charge in [-0.1, -0.05) is 6.42 Å². The molecule has 1 amide bonds. The van der Waals surface area contributed by atoms with E-state index in [1.807, 2.05) is 0 Å². The maximum Gasteiger partial charge on any atom is 0.311 e. The molecule has 1 saturated carbocycles. The largest absolute Gasteiger partial charge is 0.481 e. The molecule has 1 N–H and O–H groups in total. The van der Waals surface area contributed by atoms with Crippen molar-refractivity contribution in [1.29, 1.82) is 0 Å². The molecule has 1 aliphatic heterocycles. The zero-order valence-electron chi connectivity index (χ0n) is 11.9. The minimum Gasteiger partial charge on any atom is -0.481 e. The van der Waals surface area contributed by atoms with E-state index in [0.717, 1.165) is 12.8 Å². The summed E-state index contributed by atoms with van der Waals surface area (Å²) in [6.45, 7) is 2.45. The van der Waals surface area contributed by atoms with E-state index < -0.39 is 11.4 Å². The van der Waals surface area contributed by atoms with Crippen LogP contribution in [-0.4, -0.2) is 35.0 Å². The van der Waals surface area contributed by atoms with Crippen LogP contribution in [0.3, 0.4) is 0 Å².